The van der Waals surface area contributed by atoms with E-state index in [1.807, 2.05) is 27.7 Å². The highest BCUT2D eigenvalue weighted by Crippen LogP contribution is 2.39. The Hall–Kier alpha value is -2.13. The predicted molar refractivity (Wildman–Crippen MR) is 94.4 cm³/mol. The van der Waals surface area contributed by atoms with Crippen molar-refractivity contribution in [3.63, 3.8) is 0 Å². The maximum atomic E-state index is 14.8. The van der Waals surface area contributed by atoms with Gasteiger partial charge in [0.15, 0.2) is 0 Å². The predicted octanol–water partition coefficient (Wildman–Crippen LogP) is 3.25. The van der Waals surface area contributed by atoms with Crippen molar-refractivity contribution in [2.75, 3.05) is 6.67 Å². The van der Waals surface area contributed by atoms with Gasteiger partial charge in [-0.15, -0.1) is 0 Å². The Bertz CT molecular complexity index is 792. The minimum absolute atomic E-state index is 0.00272. The molecule has 0 atom stereocenters. The maximum absolute atomic E-state index is 14.8. The molecule has 3 heterocycles. The van der Waals surface area contributed by atoms with E-state index < -0.39 is 30.7 Å². The largest absolute Gasteiger partial charge is 0.525 e. The summed E-state index contributed by atoms with van der Waals surface area (Å²) in [5.41, 5.74) is -0.486. The van der Waals surface area contributed by atoms with E-state index in [-0.39, 0.29) is 6.54 Å². The summed E-state index contributed by atoms with van der Waals surface area (Å²) in [6, 6.07) is 1.63. The van der Waals surface area contributed by atoms with Crippen LogP contribution in [0.2, 0.25) is 0 Å². The molecule has 1 aliphatic heterocycles. The molecule has 0 spiro atoms. The van der Waals surface area contributed by atoms with Crippen molar-refractivity contribution in [2.24, 2.45) is 0 Å². The van der Waals surface area contributed by atoms with Gasteiger partial charge >= 0.3 is 7.12 Å². The van der Waals surface area contributed by atoms with Gasteiger partial charge in [-0.3, -0.25) is 14.6 Å². The Morgan fingerprint density at radius 2 is 1.88 bits per heavy atom. The summed E-state index contributed by atoms with van der Waals surface area (Å²) in [5, 5.41) is 4.29. The molecule has 0 bridgehead atoms. The molecule has 0 unspecified atom stereocenters. The molecule has 2 aromatic heterocycles. The summed E-state index contributed by atoms with van der Waals surface area (Å²) in [7, 11) is -1.12. The van der Waals surface area contributed by atoms with Crippen LogP contribution in [0.4, 0.5) is 8.78 Å². The van der Waals surface area contributed by atoms with E-state index in [2.05, 4.69) is 15.1 Å². The molecule has 0 N–H and O–H groups in total. The third kappa shape index (κ3) is 3.54. The average molecular weight is 362 g/mol. The fourth-order valence-corrected chi connectivity index (χ4v) is 2.53. The number of hydrogen-bond acceptors (Lipinski definition) is 5. The highest BCUT2D eigenvalue weighted by atomic mass is 19.1. The number of halogens is 2. The zero-order valence-corrected chi connectivity index (χ0v) is 15.2. The van der Waals surface area contributed by atoms with E-state index in [1.54, 1.807) is 18.5 Å². The molecule has 6 nitrogen and oxygen atoms in total. The van der Waals surface area contributed by atoms with Gasteiger partial charge in [0.2, 0.25) is 0 Å². The first-order valence-corrected chi connectivity index (χ1v) is 8.36. The monoisotopic (exact) mass is 362 g/mol. The summed E-state index contributed by atoms with van der Waals surface area (Å²) < 4.78 is 40.4. The lowest BCUT2D eigenvalue weighted by Crippen LogP contribution is -2.41. The van der Waals surface area contributed by atoms with E-state index in [4.69, 9.17) is 9.31 Å². The summed E-state index contributed by atoms with van der Waals surface area (Å²) in [6.45, 7) is 6.77. The van der Waals surface area contributed by atoms with Crippen molar-refractivity contribution in [2.45, 2.75) is 45.4 Å². The Balaban J connectivity index is 1.91. The molecule has 138 valence electrons. The van der Waals surface area contributed by atoms with Crippen molar-refractivity contribution < 1.29 is 18.1 Å². The first kappa shape index (κ1) is 18.7. The molecule has 3 rings (SSSR count). The minimum atomic E-state index is -1.12. The van der Waals surface area contributed by atoms with Crippen LogP contribution in [0.3, 0.4) is 0 Å². The molecule has 0 aromatic carbocycles. The molecule has 1 fully saturated rings. The van der Waals surface area contributed by atoms with Crippen molar-refractivity contribution >= 4 is 13.2 Å². The molecule has 0 amide bonds. The van der Waals surface area contributed by atoms with Crippen LogP contribution in [0.25, 0.3) is 17.5 Å². The van der Waals surface area contributed by atoms with Crippen LogP contribution in [-0.2, 0) is 15.9 Å². The van der Waals surface area contributed by atoms with Crippen LogP contribution in [0.15, 0.2) is 30.4 Å². The Morgan fingerprint density at radius 3 is 2.46 bits per heavy atom. The van der Waals surface area contributed by atoms with Gasteiger partial charge < -0.3 is 9.31 Å². The van der Waals surface area contributed by atoms with Crippen LogP contribution < -0.4 is 0 Å². The van der Waals surface area contributed by atoms with Gasteiger partial charge in [-0.2, -0.15) is 5.10 Å². The van der Waals surface area contributed by atoms with Crippen molar-refractivity contribution in [1.29, 1.82) is 0 Å². The second-order valence-electron chi connectivity index (χ2n) is 7.07. The van der Waals surface area contributed by atoms with E-state index in [1.165, 1.54) is 17.0 Å². The lowest BCUT2D eigenvalue weighted by molar-refractivity contribution is 0.00578. The lowest BCUT2D eigenvalue weighted by Gasteiger charge is -2.32. The molecule has 0 aliphatic carbocycles. The molecule has 2 aromatic rings. The molecule has 0 saturated carbocycles. The molecular weight excluding hydrogens is 341 g/mol. The number of nitrogens with zero attached hydrogens (tertiary/aromatic N) is 4. The van der Waals surface area contributed by atoms with Crippen LogP contribution in [-0.4, -0.2) is 44.7 Å². The first-order valence-electron chi connectivity index (χ1n) is 8.36. The SMILES string of the molecule is CC1(C)OB(C(F)=Cc2cc(-c3cnccn3)nn2CCF)OC1(C)C. The summed E-state index contributed by atoms with van der Waals surface area (Å²) in [5.74, 6) is 0. The zero-order chi connectivity index (χ0) is 18.9. The summed E-state index contributed by atoms with van der Waals surface area (Å²) in [4.78, 5) is 8.15. The average Bonchev–Trinajstić information content (AvgIpc) is 3.07. The van der Waals surface area contributed by atoms with Crippen LogP contribution in [0.1, 0.15) is 33.4 Å². The number of alkyl halides is 1. The van der Waals surface area contributed by atoms with Crippen LogP contribution in [0.5, 0.6) is 0 Å². The van der Waals surface area contributed by atoms with Crippen LogP contribution >= 0.6 is 0 Å². The van der Waals surface area contributed by atoms with E-state index in [0.29, 0.717) is 17.1 Å². The van der Waals surface area contributed by atoms with Gasteiger partial charge in [-0.1, -0.05) is 0 Å². The lowest BCUT2D eigenvalue weighted by atomic mass is 9.87. The van der Waals surface area contributed by atoms with E-state index >= 15 is 0 Å². The van der Waals surface area contributed by atoms with Crippen LogP contribution in [0, 0.1) is 0 Å². The van der Waals surface area contributed by atoms with Gasteiger partial charge in [0, 0.05) is 12.4 Å². The number of aryl methyl sites for hydroxylation is 1. The second-order valence-corrected chi connectivity index (χ2v) is 7.07. The molecule has 0 radical (unpaired) electrons. The fourth-order valence-electron chi connectivity index (χ4n) is 2.53. The van der Waals surface area contributed by atoms with E-state index in [0.717, 1.165) is 0 Å². The molecule has 26 heavy (non-hydrogen) atoms. The Morgan fingerprint density at radius 1 is 1.19 bits per heavy atom. The Kier molecular flexibility index (Phi) is 4.94. The standard InChI is InChI=1S/C17H21BF2N4O2/c1-16(2)17(3,4)26-18(25-16)15(20)10-12-9-13(23-24(12)8-5-19)14-11-21-6-7-22-14/h6-7,9-11H,5,8H2,1-4H3. The van der Waals surface area contributed by atoms with Crippen molar-refractivity contribution in [3.8, 4) is 11.4 Å². The molecular formula is C17H21BF2N4O2. The third-order valence-electron chi connectivity index (χ3n) is 4.70. The normalized spacial score (nSPS) is 19.2. The van der Waals surface area contributed by atoms with Gasteiger partial charge in [-0.25, -0.2) is 8.78 Å². The Labute approximate surface area is 151 Å². The highest BCUT2D eigenvalue weighted by molar-refractivity contribution is 6.54. The topological polar surface area (TPSA) is 62.1 Å². The van der Waals surface area contributed by atoms with E-state index in [9.17, 15) is 8.78 Å². The highest BCUT2D eigenvalue weighted by Gasteiger charge is 2.53. The number of aromatic nitrogens is 4. The van der Waals surface area contributed by atoms with Gasteiger partial charge in [0.05, 0.1) is 29.6 Å². The second kappa shape index (κ2) is 6.88. The first-order chi connectivity index (χ1) is 12.2. The van der Waals surface area contributed by atoms with Gasteiger partial charge in [-0.05, 0) is 39.8 Å². The quantitative estimate of drug-likeness (QED) is 0.765. The summed E-state index contributed by atoms with van der Waals surface area (Å²) in [6.07, 6.45) is 5.87. The minimum Gasteiger partial charge on any atom is -0.398 e. The summed E-state index contributed by atoms with van der Waals surface area (Å²) >= 11 is 0. The third-order valence-corrected chi connectivity index (χ3v) is 4.70. The number of rotatable bonds is 5. The molecule has 9 heteroatoms. The van der Waals surface area contributed by atoms with Gasteiger partial charge in [0.1, 0.15) is 23.8 Å². The zero-order valence-electron chi connectivity index (χ0n) is 15.2. The molecule has 1 saturated heterocycles. The van der Waals surface area contributed by atoms with Crippen molar-refractivity contribution in [3.05, 3.63) is 36.1 Å². The fraction of sp³-hybridized carbons (Fsp3) is 0.471. The number of hydrogen-bond donors (Lipinski definition) is 0. The maximum Gasteiger partial charge on any atom is 0.525 e. The van der Waals surface area contributed by atoms with Crippen molar-refractivity contribution in [1.82, 2.24) is 19.7 Å². The van der Waals surface area contributed by atoms with Gasteiger partial charge in [0.25, 0.3) is 0 Å². The smallest absolute Gasteiger partial charge is 0.398 e. The molecule has 1 aliphatic rings.